The molecule has 40 heavy (non-hydrogen) atoms. The number of amides is 3. The van der Waals surface area contributed by atoms with E-state index in [2.05, 4.69) is 16.5 Å². The van der Waals surface area contributed by atoms with Crippen LogP contribution < -0.4 is 0 Å². The van der Waals surface area contributed by atoms with Gasteiger partial charge in [-0.3, -0.25) is 14.6 Å². The van der Waals surface area contributed by atoms with E-state index < -0.39 is 0 Å². The molecule has 2 heterocycles. The van der Waals surface area contributed by atoms with Gasteiger partial charge in [-0.05, 0) is 54.3 Å². The molecule has 4 rings (SSSR count). The number of ether oxygens (including phenoxy) is 1. The minimum absolute atomic E-state index is 0.228. The molecule has 9 heteroatoms. The lowest BCUT2D eigenvalue weighted by atomic mass is 10.1. The monoisotopic (exact) mass is 562 g/mol. The minimum Gasteiger partial charge on any atom is -0.465 e. The van der Waals surface area contributed by atoms with Crippen molar-refractivity contribution in [3.05, 3.63) is 93.7 Å². The van der Waals surface area contributed by atoms with Crippen LogP contribution in [0.15, 0.2) is 60.4 Å². The number of urea groups is 1. The number of imidazole rings is 1. The Labute approximate surface area is 240 Å². The summed E-state index contributed by atoms with van der Waals surface area (Å²) in [6, 6.07) is 14.2. The molecule has 0 aliphatic carbocycles. The second-order valence-corrected chi connectivity index (χ2v) is 10.3. The van der Waals surface area contributed by atoms with Crippen molar-refractivity contribution in [3.63, 3.8) is 0 Å². The zero-order valence-electron chi connectivity index (χ0n) is 23.2. The fraction of sp³-hybridized carbons (Fsp3) is 0.355. The molecule has 1 aromatic heterocycles. The SMILES string of the molecule is CCCCc1ncc(/C=C2/C(=O)N(CCCC)C(=O)N2Cc2cccc(Cl)c2)n1Cc1ccc(C(=O)OC)cc1. The van der Waals surface area contributed by atoms with E-state index in [4.69, 9.17) is 16.3 Å². The number of halogens is 1. The third kappa shape index (κ3) is 6.62. The molecule has 3 amide bonds. The topological polar surface area (TPSA) is 84.7 Å². The van der Waals surface area contributed by atoms with Crippen molar-refractivity contribution in [2.75, 3.05) is 13.7 Å². The standard InChI is InChI=1S/C31H35ClN4O4/c1-4-6-11-28-33-19-26(35(28)20-22-12-14-24(15-13-22)30(38)40-3)18-27-29(37)34(16-7-5-2)31(39)36(27)21-23-9-8-10-25(32)17-23/h8-10,12-15,17-19H,4-7,11,16,20-21H2,1-3H3/b27-18-. The maximum absolute atomic E-state index is 13.6. The normalized spacial score (nSPS) is 14.4. The number of methoxy groups -OCH3 is 1. The number of hydrogen-bond acceptors (Lipinski definition) is 5. The number of carbonyl (C=O) groups is 3. The highest BCUT2D eigenvalue weighted by molar-refractivity contribution is 6.30. The van der Waals surface area contributed by atoms with Gasteiger partial charge in [-0.2, -0.15) is 0 Å². The number of benzene rings is 2. The first-order chi connectivity index (χ1) is 19.4. The number of nitrogens with zero attached hydrogens (tertiary/aromatic N) is 4. The van der Waals surface area contributed by atoms with E-state index in [1.165, 1.54) is 16.9 Å². The first-order valence-corrected chi connectivity index (χ1v) is 14.0. The predicted molar refractivity (Wildman–Crippen MR) is 155 cm³/mol. The lowest BCUT2D eigenvalue weighted by Crippen LogP contribution is -2.33. The van der Waals surface area contributed by atoms with Crippen molar-refractivity contribution in [2.24, 2.45) is 0 Å². The number of unbranched alkanes of at least 4 members (excludes halogenated alkanes) is 2. The average molecular weight is 563 g/mol. The molecule has 0 spiro atoms. The van der Waals surface area contributed by atoms with E-state index >= 15 is 0 Å². The van der Waals surface area contributed by atoms with Crippen molar-refractivity contribution < 1.29 is 19.1 Å². The van der Waals surface area contributed by atoms with Gasteiger partial charge in [-0.15, -0.1) is 0 Å². The highest BCUT2D eigenvalue weighted by Gasteiger charge is 2.40. The number of aryl methyl sites for hydroxylation is 1. The van der Waals surface area contributed by atoms with Gasteiger partial charge in [0.25, 0.3) is 5.91 Å². The van der Waals surface area contributed by atoms with Crippen LogP contribution in [0.3, 0.4) is 0 Å². The van der Waals surface area contributed by atoms with Gasteiger partial charge in [-0.1, -0.05) is 62.6 Å². The van der Waals surface area contributed by atoms with Gasteiger partial charge in [0.2, 0.25) is 0 Å². The number of hydrogen-bond donors (Lipinski definition) is 0. The number of rotatable bonds is 12. The maximum atomic E-state index is 13.6. The molecule has 0 atom stereocenters. The lowest BCUT2D eigenvalue weighted by Gasteiger charge is -2.18. The van der Waals surface area contributed by atoms with Crippen LogP contribution >= 0.6 is 11.6 Å². The third-order valence-corrected chi connectivity index (χ3v) is 7.14. The first kappa shape index (κ1) is 29.1. The summed E-state index contributed by atoms with van der Waals surface area (Å²) in [4.78, 5) is 46.4. The highest BCUT2D eigenvalue weighted by atomic mass is 35.5. The predicted octanol–water partition coefficient (Wildman–Crippen LogP) is 6.32. The average Bonchev–Trinajstić information content (AvgIpc) is 3.43. The number of imide groups is 1. The Morgan fingerprint density at radius 1 is 0.975 bits per heavy atom. The fourth-order valence-electron chi connectivity index (χ4n) is 4.66. The number of esters is 1. The summed E-state index contributed by atoms with van der Waals surface area (Å²) in [7, 11) is 1.36. The molecule has 1 aliphatic heterocycles. The van der Waals surface area contributed by atoms with E-state index in [1.54, 1.807) is 36.5 Å². The van der Waals surface area contributed by atoms with Gasteiger partial charge in [-0.25, -0.2) is 14.6 Å². The summed E-state index contributed by atoms with van der Waals surface area (Å²) in [6.07, 6.45) is 7.89. The van der Waals surface area contributed by atoms with Crippen molar-refractivity contribution in [2.45, 2.75) is 59.0 Å². The van der Waals surface area contributed by atoms with Crippen LogP contribution in [0, 0.1) is 0 Å². The molecule has 0 saturated carbocycles. The molecule has 0 N–H and O–H groups in total. The summed E-state index contributed by atoms with van der Waals surface area (Å²) in [5.74, 6) is 0.192. The minimum atomic E-state index is -0.389. The van der Waals surface area contributed by atoms with Crippen molar-refractivity contribution in [1.29, 1.82) is 0 Å². The second-order valence-electron chi connectivity index (χ2n) is 9.82. The van der Waals surface area contributed by atoms with E-state index in [9.17, 15) is 14.4 Å². The van der Waals surface area contributed by atoms with Gasteiger partial charge < -0.3 is 9.30 Å². The zero-order chi connectivity index (χ0) is 28.6. The molecular formula is C31H35ClN4O4. The highest BCUT2D eigenvalue weighted by Crippen LogP contribution is 2.28. The van der Waals surface area contributed by atoms with E-state index in [-0.39, 0.29) is 24.5 Å². The van der Waals surface area contributed by atoms with Crippen LogP contribution in [0.5, 0.6) is 0 Å². The molecule has 0 radical (unpaired) electrons. The van der Waals surface area contributed by atoms with Crippen LogP contribution in [0.4, 0.5) is 4.79 Å². The smallest absolute Gasteiger partial charge is 0.337 e. The third-order valence-electron chi connectivity index (χ3n) is 6.91. The van der Waals surface area contributed by atoms with Crippen LogP contribution in [-0.4, -0.2) is 50.9 Å². The second kappa shape index (κ2) is 13.4. The van der Waals surface area contributed by atoms with Crippen LogP contribution in [-0.2, 0) is 29.0 Å². The molecule has 0 bridgehead atoms. The Bertz CT molecular complexity index is 1400. The quantitative estimate of drug-likeness (QED) is 0.146. The van der Waals surface area contributed by atoms with Crippen LogP contribution in [0.25, 0.3) is 6.08 Å². The van der Waals surface area contributed by atoms with E-state index in [0.717, 1.165) is 54.7 Å². The first-order valence-electron chi connectivity index (χ1n) is 13.7. The Kier molecular flexibility index (Phi) is 9.77. The summed E-state index contributed by atoms with van der Waals surface area (Å²) in [5.41, 5.74) is 3.32. The van der Waals surface area contributed by atoms with Crippen molar-refractivity contribution in [1.82, 2.24) is 19.4 Å². The Balaban J connectivity index is 1.72. The largest absolute Gasteiger partial charge is 0.465 e. The summed E-state index contributed by atoms with van der Waals surface area (Å²) in [6.45, 7) is 5.24. The lowest BCUT2D eigenvalue weighted by molar-refractivity contribution is -0.123. The summed E-state index contributed by atoms with van der Waals surface area (Å²) < 4.78 is 6.88. The Morgan fingerprint density at radius 3 is 2.40 bits per heavy atom. The molecule has 2 aromatic carbocycles. The molecule has 8 nitrogen and oxygen atoms in total. The van der Waals surface area contributed by atoms with Crippen molar-refractivity contribution >= 4 is 35.6 Å². The molecule has 0 unspecified atom stereocenters. The van der Waals surface area contributed by atoms with E-state index in [1.807, 2.05) is 31.2 Å². The van der Waals surface area contributed by atoms with Gasteiger partial charge in [0.1, 0.15) is 11.5 Å². The van der Waals surface area contributed by atoms with Crippen LogP contribution in [0.2, 0.25) is 5.02 Å². The van der Waals surface area contributed by atoms with Crippen LogP contribution in [0.1, 0.15) is 72.5 Å². The van der Waals surface area contributed by atoms with Gasteiger partial charge >= 0.3 is 12.0 Å². The molecular weight excluding hydrogens is 528 g/mol. The summed E-state index contributed by atoms with van der Waals surface area (Å²) in [5, 5.41) is 0.570. The fourth-order valence-corrected chi connectivity index (χ4v) is 4.87. The van der Waals surface area contributed by atoms with Gasteiger partial charge in [0.05, 0.1) is 31.1 Å². The molecule has 210 valence electrons. The Hall–Kier alpha value is -3.91. The molecule has 1 aliphatic rings. The number of carbonyl (C=O) groups excluding carboxylic acids is 3. The molecule has 3 aromatic rings. The molecule has 1 saturated heterocycles. The summed E-state index contributed by atoms with van der Waals surface area (Å²) >= 11 is 6.20. The zero-order valence-corrected chi connectivity index (χ0v) is 24.0. The number of aromatic nitrogens is 2. The Morgan fingerprint density at radius 2 is 1.73 bits per heavy atom. The molecule has 1 fully saturated rings. The van der Waals surface area contributed by atoms with Crippen molar-refractivity contribution in [3.8, 4) is 0 Å². The van der Waals surface area contributed by atoms with E-state index in [0.29, 0.717) is 29.4 Å². The van der Waals surface area contributed by atoms with Gasteiger partial charge in [0.15, 0.2) is 0 Å². The maximum Gasteiger partial charge on any atom is 0.337 e. The van der Waals surface area contributed by atoms with Gasteiger partial charge in [0, 0.05) is 24.5 Å².